The van der Waals surface area contributed by atoms with Crippen LogP contribution >= 0.6 is 22.9 Å². The number of amides is 1. The van der Waals surface area contributed by atoms with E-state index in [2.05, 4.69) is 10.3 Å². The second-order valence-electron chi connectivity index (χ2n) is 8.82. The summed E-state index contributed by atoms with van der Waals surface area (Å²) in [6.07, 6.45) is 8.32. The van der Waals surface area contributed by atoms with Crippen LogP contribution < -0.4 is 5.32 Å². The Kier molecular flexibility index (Phi) is 5.72. The summed E-state index contributed by atoms with van der Waals surface area (Å²) in [6, 6.07) is 5.25. The van der Waals surface area contributed by atoms with Gasteiger partial charge >= 0.3 is 0 Å². The molecule has 3 aliphatic carbocycles. The number of hydrogen-bond donors (Lipinski definition) is 1. The summed E-state index contributed by atoms with van der Waals surface area (Å²) in [7, 11) is -3.33. The van der Waals surface area contributed by atoms with Crippen molar-refractivity contribution in [1.82, 2.24) is 4.98 Å². The van der Waals surface area contributed by atoms with Crippen molar-refractivity contribution in [3.63, 3.8) is 0 Å². The van der Waals surface area contributed by atoms with Gasteiger partial charge in [0.15, 0.2) is 15.0 Å². The van der Waals surface area contributed by atoms with E-state index in [4.69, 9.17) is 11.6 Å². The summed E-state index contributed by atoms with van der Waals surface area (Å²) in [5.74, 6) is 0.0631. The number of allylic oxidation sites excluding steroid dienone is 1. The molecule has 0 spiro atoms. The highest BCUT2D eigenvalue weighted by molar-refractivity contribution is 7.92. The Morgan fingerprint density at radius 1 is 1.19 bits per heavy atom. The average molecular weight is 491 g/mol. The van der Waals surface area contributed by atoms with Crippen molar-refractivity contribution in [3.8, 4) is 0 Å². The molecule has 0 bridgehead atoms. The Bertz CT molecular complexity index is 1230. The van der Waals surface area contributed by atoms with E-state index in [0.29, 0.717) is 57.6 Å². The SMILES string of the molecule is O=C1CCC(C=C(C(=O)Nc2ncc(Cl)s2)c2ccc(S(=O)(=O)C3CC3)c(C3CC3)c2)C1. The van der Waals surface area contributed by atoms with Gasteiger partial charge in [0.25, 0.3) is 5.91 Å². The molecule has 9 heteroatoms. The van der Waals surface area contributed by atoms with Crippen LogP contribution in [0.3, 0.4) is 0 Å². The lowest BCUT2D eigenvalue weighted by molar-refractivity contribution is -0.117. The molecule has 5 rings (SSSR count). The molecule has 32 heavy (non-hydrogen) atoms. The molecule has 3 fully saturated rings. The highest BCUT2D eigenvalue weighted by Gasteiger charge is 2.40. The molecule has 1 unspecified atom stereocenters. The lowest BCUT2D eigenvalue weighted by Crippen LogP contribution is -2.15. The van der Waals surface area contributed by atoms with E-state index in [0.717, 1.165) is 18.4 Å². The van der Waals surface area contributed by atoms with Gasteiger partial charge in [-0.05, 0) is 67.2 Å². The Balaban J connectivity index is 1.53. The van der Waals surface area contributed by atoms with Gasteiger partial charge in [0, 0.05) is 18.4 Å². The fourth-order valence-corrected chi connectivity index (χ4v) is 6.98. The van der Waals surface area contributed by atoms with Gasteiger partial charge in [-0.1, -0.05) is 35.1 Å². The third-order valence-corrected chi connectivity index (χ3v) is 9.60. The zero-order chi connectivity index (χ0) is 22.5. The van der Waals surface area contributed by atoms with Crippen LogP contribution in [-0.2, 0) is 19.4 Å². The summed E-state index contributed by atoms with van der Waals surface area (Å²) in [6.45, 7) is 0. The topological polar surface area (TPSA) is 93.2 Å². The number of rotatable bonds is 7. The number of halogens is 1. The van der Waals surface area contributed by atoms with Crippen LogP contribution in [0.2, 0.25) is 4.34 Å². The molecule has 0 aliphatic heterocycles. The minimum absolute atomic E-state index is 0.0117. The molecular weight excluding hydrogens is 468 g/mol. The fraction of sp³-hybridized carbons (Fsp3) is 0.435. The standard InChI is InChI=1S/C23H23ClN2O4S2/c24-21-12-25-23(31-21)26-22(28)19(10-13-1-5-16(27)9-13)15-4-8-20(18(11-15)14-2-3-14)32(29,30)17-6-7-17/h4,8,10-14,17H,1-3,5-7,9H2,(H,25,26,28). The van der Waals surface area contributed by atoms with Crippen LogP contribution in [0.25, 0.3) is 5.57 Å². The zero-order valence-corrected chi connectivity index (χ0v) is 19.7. The zero-order valence-electron chi connectivity index (χ0n) is 17.3. The van der Waals surface area contributed by atoms with Gasteiger partial charge < -0.3 is 0 Å². The van der Waals surface area contributed by atoms with Crippen molar-refractivity contribution in [1.29, 1.82) is 0 Å². The number of Topliss-reactive ketones (excluding diaryl/α,β-unsaturated/α-hetero) is 1. The molecule has 168 valence electrons. The van der Waals surface area contributed by atoms with Crippen molar-refractivity contribution in [2.45, 2.75) is 61.0 Å². The Hall–Kier alpha value is -2.03. The molecule has 3 aliphatic rings. The molecule has 2 aromatic rings. The number of carbonyl (C=O) groups excluding carboxylic acids is 2. The molecule has 0 radical (unpaired) electrons. The first-order valence-electron chi connectivity index (χ1n) is 10.9. The van der Waals surface area contributed by atoms with Gasteiger partial charge in [0.1, 0.15) is 10.1 Å². The van der Waals surface area contributed by atoms with E-state index in [9.17, 15) is 18.0 Å². The minimum atomic E-state index is -3.33. The van der Waals surface area contributed by atoms with Crippen LogP contribution in [0.1, 0.15) is 62.0 Å². The van der Waals surface area contributed by atoms with E-state index in [1.807, 2.05) is 12.1 Å². The van der Waals surface area contributed by atoms with Crippen LogP contribution in [-0.4, -0.2) is 30.3 Å². The number of anilines is 1. The van der Waals surface area contributed by atoms with Crippen molar-refractivity contribution < 1.29 is 18.0 Å². The summed E-state index contributed by atoms with van der Waals surface area (Å²) in [5.41, 5.74) is 1.92. The van der Waals surface area contributed by atoms with Gasteiger partial charge in [-0.25, -0.2) is 13.4 Å². The Morgan fingerprint density at radius 3 is 2.56 bits per heavy atom. The van der Waals surface area contributed by atoms with Crippen LogP contribution in [0.5, 0.6) is 0 Å². The molecule has 6 nitrogen and oxygen atoms in total. The number of nitrogens with zero attached hydrogens (tertiary/aromatic N) is 1. The molecule has 1 N–H and O–H groups in total. The monoisotopic (exact) mass is 490 g/mol. The third kappa shape index (κ3) is 4.54. The minimum Gasteiger partial charge on any atom is -0.300 e. The predicted molar refractivity (Wildman–Crippen MR) is 125 cm³/mol. The largest absolute Gasteiger partial charge is 0.300 e. The van der Waals surface area contributed by atoms with E-state index in [1.54, 1.807) is 12.1 Å². The van der Waals surface area contributed by atoms with Gasteiger partial charge in [0.2, 0.25) is 0 Å². The first kappa shape index (κ1) is 21.8. The van der Waals surface area contributed by atoms with E-state index in [-0.39, 0.29) is 28.8 Å². The maximum Gasteiger partial charge on any atom is 0.257 e. The molecule has 1 aromatic carbocycles. The molecule has 1 atom stereocenters. The normalized spacial score (nSPS) is 21.7. The van der Waals surface area contributed by atoms with Crippen molar-refractivity contribution >= 4 is 55.2 Å². The molecule has 1 heterocycles. The Labute approximate surface area is 196 Å². The number of aromatic nitrogens is 1. The van der Waals surface area contributed by atoms with Crippen molar-refractivity contribution in [2.24, 2.45) is 5.92 Å². The predicted octanol–water partition coefficient (Wildman–Crippen LogP) is 5.00. The van der Waals surface area contributed by atoms with Crippen LogP contribution in [0, 0.1) is 5.92 Å². The van der Waals surface area contributed by atoms with E-state index < -0.39 is 9.84 Å². The quantitative estimate of drug-likeness (QED) is 0.551. The number of carbonyl (C=O) groups is 2. The second kappa shape index (κ2) is 8.39. The maximum absolute atomic E-state index is 13.2. The van der Waals surface area contributed by atoms with Crippen LogP contribution in [0.4, 0.5) is 5.13 Å². The summed E-state index contributed by atoms with van der Waals surface area (Å²) in [4.78, 5) is 29.5. The number of sulfone groups is 1. The number of ketones is 1. The Morgan fingerprint density at radius 2 is 1.97 bits per heavy atom. The number of benzene rings is 1. The van der Waals surface area contributed by atoms with Gasteiger partial charge in [0.05, 0.1) is 16.3 Å². The number of hydrogen-bond acceptors (Lipinski definition) is 6. The smallest absolute Gasteiger partial charge is 0.257 e. The summed E-state index contributed by atoms with van der Waals surface area (Å²) >= 11 is 7.11. The lowest BCUT2D eigenvalue weighted by Gasteiger charge is -2.15. The molecule has 0 saturated heterocycles. The van der Waals surface area contributed by atoms with Crippen molar-refractivity contribution in [2.75, 3.05) is 5.32 Å². The highest BCUT2D eigenvalue weighted by atomic mass is 35.5. The first-order valence-corrected chi connectivity index (χ1v) is 13.6. The molecule has 1 amide bonds. The lowest BCUT2D eigenvalue weighted by atomic mass is 9.96. The third-order valence-electron chi connectivity index (χ3n) is 6.24. The maximum atomic E-state index is 13.2. The van der Waals surface area contributed by atoms with Crippen LogP contribution in [0.15, 0.2) is 35.4 Å². The molecular formula is C23H23ClN2O4S2. The van der Waals surface area contributed by atoms with Gasteiger partial charge in [-0.3, -0.25) is 14.9 Å². The highest BCUT2D eigenvalue weighted by Crippen LogP contribution is 2.46. The fourth-order valence-electron chi connectivity index (χ4n) is 4.25. The van der Waals surface area contributed by atoms with Gasteiger partial charge in [-0.15, -0.1) is 0 Å². The second-order valence-corrected chi connectivity index (χ2v) is 12.7. The van der Waals surface area contributed by atoms with Crippen molar-refractivity contribution in [3.05, 3.63) is 45.9 Å². The summed E-state index contributed by atoms with van der Waals surface area (Å²) < 4.78 is 26.4. The van der Waals surface area contributed by atoms with E-state index in [1.165, 1.54) is 17.5 Å². The first-order chi connectivity index (χ1) is 15.3. The summed E-state index contributed by atoms with van der Waals surface area (Å²) in [5, 5.41) is 2.91. The van der Waals surface area contributed by atoms with E-state index >= 15 is 0 Å². The van der Waals surface area contributed by atoms with Gasteiger partial charge in [-0.2, -0.15) is 0 Å². The molecule has 1 aromatic heterocycles. The number of nitrogens with one attached hydrogen (secondary N) is 1. The molecule has 3 saturated carbocycles. The number of thiazole rings is 1. The average Bonchev–Trinajstić information content (AvgIpc) is 3.68.